The molecule has 1 aliphatic heterocycles. The lowest BCUT2D eigenvalue weighted by Gasteiger charge is -2.22. The van der Waals surface area contributed by atoms with E-state index in [9.17, 15) is 22.0 Å². The number of sulfonamides is 1. The van der Waals surface area contributed by atoms with Gasteiger partial charge in [-0.1, -0.05) is 6.07 Å². The van der Waals surface area contributed by atoms with E-state index in [-0.39, 0.29) is 11.3 Å². The van der Waals surface area contributed by atoms with Crippen molar-refractivity contribution < 1.29 is 22.0 Å². The fourth-order valence-electron chi connectivity index (χ4n) is 2.89. The molecule has 1 amide bonds. The molecular weight excluding hydrogens is 364 g/mol. The Labute approximate surface area is 153 Å². The number of hydrogen-bond acceptors (Lipinski definition) is 4. The first kappa shape index (κ1) is 20.7. The van der Waals surface area contributed by atoms with Crippen LogP contribution in [0.3, 0.4) is 0 Å². The lowest BCUT2D eigenvalue weighted by Crippen LogP contribution is -2.36. The van der Waals surface area contributed by atoms with Crippen molar-refractivity contribution in [3.05, 3.63) is 35.4 Å². The second-order valence-corrected chi connectivity index (χ2v) is 8.84. The fourth-order valence-corrected chi connectivity index (χ4v) is 3.75. The molecule has 2 rings (SSSR count). The second kappa shape index (κ2) is 8.88. The van der Waals surface area contributed by atoms with E-state index >= 15 is 0 Å². The zero-order valence-corrected chi connectivity index (χ0v) is 15.9. The maximum Gasteiger partial charge on any atom is 0.256 e. The minimum Gasteiger partial charge on any atom is -0.337 e. The molecule has 0 atom stereocenters. The molecule has 0 bridgehead atoms. The first-order valence-corrected chi connectivity index (χ1v) is 10.2. The normalized spacial score (nSPS) is 16.7. The van der Waals surface area contributed by atoms with Gasteiger partial charge in [-0.05, 0) is 38.1 Å². The summed E-state index contributed by atoms with van der Waals surface area (Å²) in [5, 5.41) is 0. The van der Waals surface area contributed by atoms with E-state index in [2.05, 4.69) is 4.90 Å². The van der Waals surface area contributed by atoms with Crippen molar-refractivity contribution in [2.24, 2.45) is 0 Å². The van der Waals surface area contributed by atoms with Crippen molar-refractivity contribution >= 4 is 15.9 Å². The first-order chi connectivity index (χ1) is 12.2. The molecule has 1 aromatic carbocycles. The SMILES string of the molecule is CN(C)S(=O)(=O)CCCN1CCCN(C(=O)c2cccc(F)c2F)CC1. The molecule has 26 heavy (non-hydrogen) atoms. The third kappa shape index (κ3) is 5.21. The Bertz CT molecular complexity index is 741. The molecule has 1 saturated heterocycles. The van der Waals surface area contributed by atoms with Crippen molar-refractivity contribution in [3.8, 4) is 0 Å². The molecule has 0 aromatic heterocycles. The van der Waals surface area contributed by atoms with Crippen LogP contribution in [0.5, 0.6) is 0 Å². The number of benzene rings is 1. The molecule has 0 radical (unpaired) electrons. The lowest BCUT2D eigenvalue weighted by atomic mass is 10.1. The van der Waals surface area contributed by atoms with Crippen LogP contribution in [0.1, 0.15) is 23.2 Å². The third-order valence-electron chi connectivity index (χ3n) is 4.49. The van der Waals surface area contributed by atoms with Gasteiger partial charge in [0.1, 0.15) is 0 Å². The fraction of sp³-hybridized carbons (Fsp3) is 0.588. The molecule has 0 aliphatic carbocycles. The van der Waals surface area contributed by atoms with E-state index in [1.165, 1.54) is 35.4 Å². The molecule has 1 aromatic rings. The molecule has 1 aliphatic rings. The van der Waals surface area contributed by atoms with Gasteiger partial charge in [-0.2, -0.15) is 0 Å². The van der Waals surface area contributed by atoms with Crippen molar-refractivity contribution in [3.63, 3.8) is 0 Å². The van der Waals surface area contributed by atoms with Crippen molar-refractivity contribution in [2.45, 2.75) is 12.8 Å². The van der Waals surface area contributed by atoms with Gasteiger partial charge in [0.2, 0.25) is 10.0 Å². The molecular formula is C17H25F2N3O3S. The topological polar surface area (TPSA) is 60.9 Å². The molecule has 1 fully saturated rings. The van der Waals surface area contributed by atoms with Crippen molar-refractivity contribution in [1.29, 1.82) is 0 Å². The Balaban J connectivity index is 1.90. The highest BCUT2D eigenvalue weighted by Gasteiger charge is 2.24. The van der Waals surface area contributed by atoms with Crippen LogP contribution in [-0.4, -0.2) is 81.0 Å². The highest BCUT2D eigenvalue weighted by Crippen LogP contribution is 2.15. The average molecular weight is 389 g/mol. The van der Waals surface area contributed by atoms with Crippen LogP contribution in [-0.2, 0) is 10.0 Å². The molecule has 0 spiro atoms. The zero-order chi connectivity index (χ0) is 19.3. The Morgan fingerprint density at radius 1 is 1.15 bits per heavy atom. The number of amides is 1. The second-order valence-electron chi connectivity index (χ2n) is 6.54. The van der Waals surface area contributed by atoms with Gasteiger partial charge in [-0.3, -0.25) is 4.79 Å². The standard InChI is InChI=1S/C17H25F2N3O3S/c1-20(2)26(24,25)13-5-9-21-8-4-10-22(12-11-21)17(23)14-6-3-7-15(18)16(14)19/h3,6-7H,4-5,8-13H2,1-2H3. The van der Waals surface area contributed by atoms with Crippen LogP contribution in [0.15, 0.2) is 18.2 Å². The van der Waals surface area contributed by atoms with Gasteiger partial charge in [0.25, 0.3) is 5.91 Å². The van der Waals surface area contributed by atoms with Gasteiger partial charge >= 0.3 is 0 Å². The summed E-state index contributed by atoms with van der Waals surface area (Å²) in [4.78, 5) is 16.1. The minimum atomic E-state index is -3.21. The number of rotatable bonds is 6. The van der Waals surface area contributed by atoms with Crippen LogP contribution in [0.25, 0.3) is 0 Å². The summed E-state index contributed by atoms with van der Waals surface area (Å²) in [7, 11) is -0.192. The predicted octanol–water partition coefficient (Wildman–Crippen LogP) is 1.39. The molecule has 9 heteroatoms. The Hall–Kier alpha value is -1.58. The monoisotopic (exact) mass is 389 g/mol. The van der Waals surface area contributed by atoms with Crippen LogP contribution >= 0.6 is 0 Å². The third-order valence-corrected chi connectivity index (χ3v) is 6.41. The van der Waals surface area contributed by atoms with E-state index in [1.807, 2.05) is 0 Å². The van der Waals surface area contributed by atoms with Gasteiger partial charge in [0.05, 0.1) is 11.3 Å². The summed E-state index contributed by atoms with van der Waals surface area (Å²) in [5.74, 6) is -2.59. The van der Waals surface area contributed by atoms with Gasteiger partial charge in [-0.15, -0.1) is 0 Å². The van der Waals surface area contributed by atoms with Gasteiger partial charge in [0, 0.05) is 33.7 Å². The average Bonchev–Trinajstić information content (AvgIpc) is 2.82. The van der Waals surface area contributed by atoms with E-state index in [0.717, 1.165) is 12.6 Å². The number of hydrogen-bond donors (Lipinski definition) is 0. The van der Waals surface area contributed by atoms with Crippen LogP contribution in [0.4, 0.5) is 8.78 Å². The van der Waals surface area contributed by atoms with Crippen LogP contribution in [0.2, 0.25) is 0 Å². The summed E-state index contributed by atoms with van der Waals surface area (Å²) < 4.78 is 52.0. The van der Waals surface area contributed by atoms with E-state index in [4.69, 9.17) is 0 Å². The number of nitrogens with zero attached hydrogens (tertiary/aromatic N) is 3. The summed E-state index contributed by atoms with van der Waals surface area (Å²) in [6.45, 7) is 2.78. The Morgan fingerprint density at radius 2 is 1.88 bits per heavy atom. The van der Waals surface area contributed by atoms with Crippen LogP contribution < -0.4 is 0 Å². The summed E-state index contributed by atoms with van der Waals surface area (Å²) >= 11 is 0. The quantitative estimate of drug-likeness (QED) is 0.738. The van der Waals surface area contributed by atoms with Gasteiger partial charge in [-0.25, -0.2) is 21.5 Å². The Kier molecular flexibility index (Phi) is 7.08. The minimum absolute atomic E-state index is 0.0770. The number of carbonyl (C=O) groups is 1. The maximum atomic E-state index is 13.8. The van der Waals surface area contributed by atoms with Crippen molar-refractivity contribution in [1.82, 2.24) is 14.1 Å². The predicted molar refractivity (Wildman–Crippen MR) is 95.4 cm³/mol. The molecule has 1 heterocycles. The summed E-state index contributed by atoms with van der Waals surface area (Å²) in [5.41, 5.74) is -0.254. The van der Waals surface area contributed by atoms with E-state index in [1.54, 1.807) is 0 Å². The van der Waals surface area contributed by atoms with E-state index in [0.29, 0.717) is 39.0 Å². The van der Waals surface area contributed by atoms with Gasteiger partial charge < -0.3 is 9.80 Å². The van der Waals surface area contributed by atoms with Gasteiger partial charge in [0.15, 0.2) is 11.6 Å². The maximum absolute atomic E-state index is 13.8. The van der Waals surface area contributed by atoms with Crippen molar-refractivity contribution in [2.75, 3.05) is 52.6 Å². The Morgan fingerprint density at radius 3 is 2.58 bits per heavy atom. The number of carbonyl (C=O) groups excluding carboxylic acids is 1. The smallest absolute Gasteiger partial charge is 0.256 e. The highest BCUT2D eigenvalue weighted by molar-refractivity contribution is 7.89. The van der Waals surface area contributed by atoms with E-state index < -0.39 is 27.6 Å². The first-order valence-electron chi connectivity index (χ1n) is 8.58. The molecule has 0 saturated carbocycles. The highest BCUT2D eigenvalue weighted by atomic mass is 32.2. The summed E-state index contributed by atoms with van der Waals surface area (Å²) in [6.07, 6.45) is 1.20. The zero-order valence-electron chi connectivity index (χ0n) is 15.1. The van der Waals surface area contributed by atoms with Crippen LogP contribution in [0, 0.1) is 11.6 Å². The lowest BCUT2D eigenvalue weighted by molar-refractivity contribution is 0.0755. The number of halogens is 2. The molecule has 146 valence electrons. The molecule has 0 N–H and O–H groups in total. The molecule has 0 unspecified atom stereocenters. The summed E-state index contributed by atoms with van der Waals surface area (Å²) in [6, 6.07) is 3.59. The largest absolute Gasteiger partial charge is 0.337 e. The molecule has 6 nitrogen and oxygen atoms in total.